The first-order chi connectivity index (χ1) is 28.6. The van der Waals surface area contributed by atoms with Crippen molar-refractivity contribution in [1.82, 2.24) is 36.8 Å². The van der Waals surface area contributed by atoms with Crippen LogP contribution in [0.3, 0.4) is 0 Å². The van der Waals surface area contributed by atoms with E-state index in [1.54, 1.807) is 13.8 Å². The Kier molecular flexibility index (Phi) is 30.5. The third-order valence-electron chi connectivity index (χ3n) is 10.1. The first-order valence-electron chi connectivity index (χ1n) is 21.4. The number of unbranched alkanes of at least 4 members (excludes halogenated alkanes) is 1. The topological polar surface area (TPSA) is 198 Å². The molecule has 0 aliphatic heterocycles. The number of aliphatic hydroxyl groups excluding tert-OH is 1. The number of nitrogens with one attached hydrogen (secondary N) is 6. The van der Waals surface area contributed by atoms with E-state index in [4.69, 9.17) is 5.11 Å². The van der Waals surface area contributed by atoms with Gasteiger partial charge in [0.25, 0.3) is 0 Å². The minimum absolute atomic E-state index is 0.113. The fourth-order valence-corrected chi connectivity index (χ4v) is 6.16. The van der Waals surface area contributed by atoms with Crippen molar-refractivity contribution < 1.29 is 33.9 Å². The van der Waals surface area contributed by atoms with Crippen LogP contribution in [0.4, 0.5) is 0 Å². The smallest absolute Gasteiger partial charge is 0.242 e. The average Bonchev–Trinajstić information content (AvgIpc) is 3.24. The maximum absolute atomic E-state index is 12.8. The maximum atomic E-state index is 12.8. The van der Waals surface area contributed by atoms with Gasteiger partial charge in [-0.3, -0.25) is 28.8 Å². The molecule has 5 amide bonds. The summed E-state index contributed by atoms with van der Waals surface area (Å²) in [4.78, 5) is 77.1. The molecule has 0 bridgehead atoms. The fourth-order valence-electron chi connectivity index (χ4n) is 6.16. The number of hydrogen-bond acceptors (Lipinski definition) is 9. The number of aliphatic hydroxyl groups is 1. The number of ketones is 1. The van der Waals surface area contributed by atoms with Crippen molar-refractivity contribution in [3.63, 3.8) is 0 Å². The van der Waals surface area contributed by atoms with Crippen molar-refractivity contribution in [2.75, 3.05) is 46.9 Å². The number of hydrogen-bond donors (Lipinski definition) is 7. The number of carbonyl (C=O) groups excluding carboxylic acids is 6. The van der Waals surface area contributed by atoms with Crippen LogP contribution < -0.4 is 31.9 Å². The van der Waals surface area contributed by atoms with Crippen LogP contribution in [0, 0.1) is 25.7 Å². The van der Waals surface area contributed by atoms with E-state index in [9.17, 15) is 28.8 Å². The van der Waals surface area contributed by atoms with Crippen LogP contribution in [-0.4, -0.2) is 116 Å². The molecule has 1 aliphatic carbocycles. The maximum Gasteiger partial charge on any atom is 0.242 e. The minimum atomic E-state index is -0.943. The van der Waals surface area contributed by atoms with Crippen LogP contribution in [0.2, 0.25) is 0 Å². The molecular formula is C46H77N7O7. The molecule has 3 rings (SSSR count). The van der Waals surface area contributed by atoms with Gasteiger partial charge in [0.2, 0.25) is 29.5 Å². The predicted octanol–water partition coefficient (Wildman–Crippen LogP) is 3.83. The number of Topliss-reactive ketones (excluding diaryl/α,β-unsaturated/α-hetero) is 1. The zero-order valence-corrected chi connectivity index (χ0v) is 38.1. The Hall–Kier alpha value is -4.66. The Labute approximate surface area is 360 Å². The predicted molar refractivity (Wildman–Crippen MR) is 240 cm³/mol. The van der Waals surface area contributed by atoms with Gasteiger partial charge in [0.1, 0.15) is 12.1 Å². The number of amides is 5. The molecule has 14 nitrogen and oxygen atoms in total. The normalized spacial score (nSPS) is 15.3. The van der Waals surface area contributed by atoms with E-state index < -0.39 is 42.3 Å². The second-order valence-corrected chi connectivity index (χ2v) is 15.5. The van der Waals surface area contributed by atoms with Crippen LogP contribution in [0.25, 0.3) is 0 Å². The van der Waals surface area contributed by atoms with E-state index in [2.05, 4.69) is 95.7 Å². The molecule has 0 unspecified atom stereocenters. The first-order valence-corrected chi connectivity index (χ1v) is 21.4. The van der Waals surface area contributed by atoms with Gasteiger partial charge in [0.15, 0.2) is 5.78 Å². The van der Waals surface area contributed by atoms with Crippen LogP contribution in [0.5, 0.6) is 0 Å². The Morgan fingerprint density at radius 1 is 0.683 bits per heavy atom. The average molecular weight is 840 g/mol. The van der Waals surface area contributed by atoms with Crippen LogP contribution >= 0.6 is 0 Å². The highest BCUT2D eigenvalue weighted by atomic mass is 16.2. The highest BCUT2D eigenvalue weighted by Gasteiger charge is 2.26. The molecule has 14 heteroatoms. The quantitative estimate of drug-likeness (QED) is 0.0970. The van der Waals surface area contributed by atoms with Crippen molar-refractivity contribution in [3.05, 3.63) is 71.8 Å². The van der Waals surface area contributed by atoms with E-state index in [-0.39, 0.29) is 36.6 Å². The Morgan fingerprint density at radius 2 is 1.18 bits per heavy atom. The van der Waals surface area contributed by atoms with Gasteiger partial charge in [0.05, 0.1) is 19.6 Å². The SMILES string of the molecule is CCN(CCCC[C@H](NC(=O)CNC(=O)[C@H](C)NC(=O)CNC(=O)C1CCC(NC)CC1)C(=O)NCC(=O)C(C)C)C(C)C.CO.Cc1ccccc1.Cc1ccccc1. The Balaban J connectivity index is 0.00000179. The van der Waals surface area contributed by atoms with E-state index >= 15 is 0 Å². The molecule has 2 aromatic carbocycles. The standard InChI is InChI=1S/C31H57N7O6.2C7H8.CH4O/c1-8-38(21(4)5)16-10-9-11-25(31(44)33-17-26(39)20(2)3)37-28(41)19-34-29(42)22(6)36-27(40)18-35-30(43)23-12-14-24(32-7)15-13-23;2*1-7-5-3-2-4-6-7;1-2/h20-25,32H,8-19H2,1-7H3,(H,33,44)(H,34,42)(H,35,43)(H,36,40)(H,37,41);2*2-6H,1H3;2H,1H3/t22-,23?,24?,25-;;;/m0.../s1. The summed E-state index contributed by atoms with van der Waals surface area (Å²) in [6, 6.07) is 19.5. The lowest BCUT2D eigenvalue weighted by atomic mass is 9.85. The molecule has 0 saturated heterocycles. The van der Waals surface area contributed by atoms with Gasteiger partial charge >= 0.3 is 0 Å². The van der Waals surface area contributed by atoms with Crippen molar-refractivity contribution in [2.45, 2.75) is 125 Å². The lowest BCUT2D eigenvalue weighted by Gasteiger charge is -2.27. The molecule has 1 saturated carbocycles. The van der Waals surface area contributed by atoms with Gasteiger partial charge in [-0.1, -0.05) is 92.6 Å². The summed E-state index contributed by atoms with van der Waals surface area (Å²) in [7, 11) is 2.91. The van der Waals surface area contributed by atoms with Gasteiger partial charge in [-0.2, -0.15) is 0 Å². The Bertz CT molecular complexity index is 1460. The molecule has 1 fully saturated rings. The van der Waals surface area contributed by atoms with Crippen LogP contribution in [0.1, 0.15) is 97.6 Å². The third-order valence-corrected chi connectivity index (χ3v) is 10.1. The summed E-state index contributed by atoms with van der Waals surface area (Å²) in [5.74, 6) is -2.74. The summed E-state index contributed by atoms with van der Waals surface area (Å²) < 4.78 is 0. The monoisotopic (exact) mass is 840 g/mol. The molecule has 0 heterocycles. The molecule has 60 heavy (non-hydrogen) atoms. The number of aryl methyl sites for hydroxylation is 2. The zero-order chi connectivity index (χ0) is 45.5. The number of carbonyl (C=O) groups is 6. The van der Waals surface area contributed by atoms with Gasteiger partial charge in [-0.15, -0.1) is 0 Å². The van der Waals surface area contributed by atoms with Gasteiger partial charge < -0.3 is 41.9 Å². The van der Waals surface area contributed by atoms with E-state index in [0.717, 1.165) is 52.3 Å². The summed E-state index contributed by atoms with van der Waals surface area (Å²) in [5, 5.41) is 23.1. The minimum Gasteiger partial charge on any atom is -0.400 e. The van der Waals surface area contributed by atoms with Crippen molar-refractivity contribution in [2.24, 2.45) is 11.8 Å². The van der Waals surface area contributed by atoms with Gasteiger partial charge in [-0.25, -0.2) is 0 Å². The van der Waals surface area contributed by atoms with E-state index in [1.165, 1.54) is 18.1 Å². The molecule has 338 valence electrons. The van der Waals surface area contributed by atoms with Crippen molar-refractivity contribution in [3.8, 4) is 0 Å². The van der Waals surface area contributed by atoms with Crippen molar-refractivity contribution >= 4 is 35.3 Å². The second-order valence-electron chi connectivity index (χ2n) is 15.5. The third kappa shape index (κ3) is 25.7. The largest absolute Gasteiger partial charge is 0.400 e. The number of nitrogens with zero attached hydrogens (tertiary/aromatic N) is 1. The number of rotatable bonds is 20. The highest BCUT2D eigenvalue weighted by Crippen LogP contribution is 2.24. The molecule has 7 N–H and O–H groups in total. The van der Waals surface area contributed by atoms with Gasteiger partial charge in [-0.05, 0) is 99.7 Å². The summed E-state index contributed by atoms with van der Waals surface area (Å²) in [6.07, 6.45) is 5.23. The molecule has 0 aromatic heterocycles. The van der Waals surface area contributed by atoms with E-state index in [0.29, 0.717) is 24.9 Å². The zero-order valence-electron chi connectivity index (χ0n) is 38.1. The first kappa shape index (κ1) is 55.3. The lowest BCUT2D eigenvalue weighted by Crippen LogP contribution is -2.52. The summed E-state index contributed by atoms with van der Waals surface area (Å²) >= 11 is 0. The summed E-state index contributed by atoms with van der Waals surface area (Å²) in [5.41, 5.74) is 2.64. The van der Waals surface area contributed by atoms with Gasteiger partial charge in [0, 0.05) is 31.0 Å². The molecule has 2 atom stereocenters. The van der Waals surface area contributed by atoms with Crippen LogP contribution in [-0.2, 0) is 28.8 Å². The molecular weight excluding hydrogens is 763 g/mol. The fraction of sp³-hybridized carbons (Fsp3) is 0.609. The lowest BCUT2D eigenvalue weighted by molar-refractivity contribution is -0.132. The molecule has 1 aliphatic rings. The summed E-state index contributed by atoms with van der Waals surface area (Å²) in [6.45, 7) is 16.5. The number of benzene rings is 2. The highest BCUT2D eigenvalue weighted by molar-refractivity contribution is 5.94. The van der Waals surface area contributed by atoms with E-state index in [1.807, 2.05) is 43.4 Å². The Morgan fingerprint density at radius 3 is 1.63 bits per heavy atom. The molecule has 2 aromatic rings. The molecule has 0 spiro atoms. The van der Waals surface area contributed by atoms with Crippen molar-refractivity contribution in [1.29, 1.82) is 0 Å². The molecule has 0 radical (unpaired) electrons. The second kappa shape index (κ2) is 33.1. The van der Waals surface area contributed by atoms with Crippen LogP contribution in [0.15, 0.2) is 60.7 Å².